The molecule has 0 spiro atoms. The Morgan fingerprint density at radius 1 is 1.22 bits per heavy atom. The summed E-state index contributed by atoms with van der Waals surface area (Å²) in [7, 11) is 0. The highest BCUT2D eigenvalue weighted by molar-refractivity contribution is 6.34. The smallest absolute Gasteiger partial charge is 0.146 e. The van der Waals surface area contributed by atoms with E-state index in [0.29, 0.717) is 22.9 Å². The fourth-order valence-corrected chi connectivity index (χ4v) is 1.73. The minimum absolute atomic E-state index is 0.362. The second-order valence-corrected chi connectivity index (χ2v) is 4.01. The molecule has 2 rings (SSSR count). The summed E-state index contributed by atoms with van der Waals surface area (Å²) in [6, 6.07) is 9.40. The standard InChI is InChI=1S/C13H11ClN4/c14-12-10(9-15)4-7-17-13(12)18-8-5-11-3-1-2-6-16-11/h1-4,6-7H,5,8H2,(H,17,18). The van der Waals surface area contributed by atoms with Crippen molar-refractivity contribution in [2.45, 2.75) is 6.42 Å². The van der Waals surface area contributed by atoms with Crippen LogP contribution in [0.5, 0.6) is 0 Å². The number of hydrogen-bond acceptors (Lipinski definition) is 4. The Morgan fingerprint density at radius 2 is 2.11 bits per heavy atom. The van der Waals surface area contributed by atoms with Crippen molar-refractivity contribution in [3.63, 3.8) is 0 Å². The van der Waals surface area contributed by atoms with Crippen LogP contribution in [0.25, 0.3) is 0 Å². The third-order valence-electron chi connectivity index (χ3n) is 2.41. The molecule has 0 aromatic carbocycles. The number of pyridine rings is 2. The molecule has 0 saturated carbocycles. The van der Waals surface area contributed by atoms with E-state index in [1.807, 2.05) is 24.3 Å². The highest BCUT2D eigenvalue weighted by Gasteiger charge is 2.06. The van der Waals surface area contributed by atoms with Crippen LogP contribution < -0.4 is 5.32 Å². The molecular formula is C13H11ClN4. The highest BCUT2D eigenvalue weighted by atomic mass is 35.5. The molecule has 2 aromatic heterocycles. The van der Waals surface area contributed by atoms with E-state index >= 15 is 0 Å². The first kappa shape index (κ1) is 12.3. The summed E-state index contributed by atoms with van der Waals surface area (Å²) in [5.74, 6) is 0.534. The molecule has 0 saturated heterocycles. The zero-order valence-corrected chi connectivity index (χ0v) is 10.4. The number of nitriles is 1. The number of halogens is 1. The SMILES string of the molecule is N#Cc1ccnc(NCCc2ccccn2)c1Cl. The van der Waals surface area contributed by atoms with E-state index < -0.39 is 0 Å². The molecule has 0 atom stereocenters. The summed E-state index contributed by atoms with van der Waals surface area (Å²) in [4.78, 5) is 8.32. The van der Waals surface area contributed by atoms with Gasteiger partial charge in [-0.1, -0.05) is 17.7 Å². The molecule has 5 heteroatoms. The lowest BCUT2D eigenvalue weighted by molar-refractivity contribution is 0.954. The molecule has 2 heterocycles. The molecule has 0 radical (unpaired) electrons. The monoisotopic (exact) mass is 258 g/mol. The van der Waals surface area contributed by atoms with Gasteiger partial charge in [-0.2, -0.15) is 5.26 Å². The lowest BCUT2D eigenvalue weighted by Crippen LogP contribution is -2.08. The number of hydrogen-bond donors (Lipinski definition) is 1. The topological polar surface area (TPSA) is 61.6 Å². The first-order valence-corrected chi connectivity index (χ1v) is 5.87. The van der Waals surface area contributed by atoms with Gasteiger partial charge in [-0.3, -0.25) is 4.98 Å². The number of nitrogens with zero attached hydrogens (tertiary/aromatic N) is 3. The summed E-state index contributed by atoms with van der Waals surface area (Å²) >= 11 is 6.03. The number of rotatable bonds is 4. The molecule has 2 aromatic rings. The van der Waals surface area contributed by atoms with Gasteiger partial charge in [0.25, 0.3) is 0 Å². The Hall–Kier alpha value is -2.12. The van der Waals surface area contributed by atoms with Crippen molar-refractivity contribution in [3.8, 4) is 6.07 Å². The van der Waals surface area contributed by atoms with Gasteiger partial charge >= 0.3 is 0 Å². The highest BCUT2D eigenvalue weighted by Crippen LogP contribution is 2.22. The van der Waals surface area contributed by atoms with Crippen molar-refractivity contribution in [2.75, 3.05) is 11.9 Å². The third-order valence-corrected chi connectivity index (χ3v) is 2.79. The number of aromatic nitrogens is 2. The quantitative estimate of drug-likeness (QED) is 0.916. The Labute approximate surface area is 110 Å². The summed E-state index contributed by atoms with van der Waals surface area (Å²) in [5.41, 5.74) is 1.42. The van der Waals surface area contributed by atoms with Crippen molar-refractivity contribution in [1.82, 2.24) is 9.97 Å². The van der Waals surface area contributed by atoms with E-state index in [-0.39, 0.29) is 0 Å². The van der Waals surface area contributed by atoms with Gasteiger partial charge in [-0.05, 0) is 18.2 Å². The number of anilines is 1. The molecule has 90 valence electrons. The van der Waals surface area contributed by atoms with Gasteiger partial charge in [0.05, 0.1) is 5.56 Å². The van der Waals surface area contributed by atoms with Crippen LogP contribution in [0.2, 0.25) is 5.02 Å². The molecule has 0 aliphatic carbocycles. The number of nitrogens with one attached hydrogen (secondary N) is 1. The third kappa shape index (κ3) is 2.96. The van der Waals surface area contributed by atoms with Crippen LogP contribution in [-0.2, 0) is 6.42 Å². The van der Waals surface area contributed by atoms with Gasteiger partial charge in [0.1, 0.15) is 16.9 Å². The van der Waals surface area contributed by atoms with Crippen molar-refractivity contribution >= 4 is 17.4 Å². The summed E-state index contributed by atoms with van der Waals surface area (Å²) in [5, 5.41) is 12.3. The zero-order valence-electron chi connectivity index (χ0n) is 9.60. The fraction of sp³-hybridized carbons (Fsp3) is 0.154. The molecule has 18 heavy (non-hydrogen) atoms. The molecule has 0 bridgehead atoms. The molecule has 0 aliphatic rings. The summed E-state index contributed by atoms with van der Waals surface area (Å²) in [6.07, 6.45) is 4.10. The maximum Gasteiger partial charge on any atom is 0.146 e. The van der Waals surface area contributed by atoms with Crippen molar-refractivity contribution in [2.24, 2.45) is 0 Å². The van der Waals surface area contributed by atoms with E-state index in [4.69, 9.17) is 16.9 Å². The largest absolute Gasteiger partial charge is 0.368 e. The fourth-order valence-electron chi connectivity index (χ4n) is 1.51. The van der Waals surface area contributed by atoms with Crippen molar-refractivity contribution < 1.29 is 0 Å². The van der Waals surface area contributed by atoms with Crippen LogP contribution in [0, 0.1) is 11.3 Å². The molecule has 4 nitrogen and oxygen atoms in total. The van der Waals surface area contributed by atoms with Crippen LogP contribution in [0.15, 0.2) is 36.7 Å². The van der Waals surface area contributed by atoms with Gasteiger partial charge < -0.3 is 5.32 Å². The van der Waals surface area contributed by atoms with E-state index in [9.17, 15) is 0 Å². The molecule has 0 unspecified atom stereocenters. The van der Waals surface area contributed by atoms with Crippen LogP contribution in [0.4, 0.5) is 5.82 Å². The second-order valence-electron chi connectivity index (χ2n) is 3.63. The van der Waals surface area contributed by atoms with Crippen LogP contribution >= 0.6 is 11.6 Å². The van der Waals surface area contributed by atoms with Gasteiger partial charge in [0.2, 0.25) is 0 Å². The van der Waals surface area contributed by atoms with Crippen molar-refractivity contribution in [1.29, 1.82) is 5.26 Å². The predicted molar refractivity (Wildman–Crippen MR) is 70.4 cm³/mol. The average molecular weight is 259 g/mol. The maximum absolute atomic E-state index is 8.85. The summed E-state index contributed by atoms with van der Waals surface area (Å²) in [6.45, 7) is 0.665. The zero-order chi connectivity index (χ0) is 12.8. The average Bonchev–Trinajstić information content (AvgIpc) is 2.42. The van der Waals surface area contributed by atoms with E-state index in [2.05, 4.69) is 15.3 Å². The minimum Gasteiger partial charge on any atom is -0.368 e. The minimum atomic E-state index is 0.362. The Morgan fingerprint density at radius 3 is 2.83 bits per heavy atom. The van der Waals surface area contributed by atoms with E-state index in [0.717, 1.165) is 12.1 Å². The molecule has 0 fully saturated rings. The Bertz CT molecular complexity index is 563. The Kier molecular flexibility index (Phi) is 4.11. The van der Waals surface area contributed by atoms with E-state index in [1.165, 1.54) is 0 Å². The van der Waals surface area contributed by atoms with E-state index in [1.54, 1.807) is 18.5 Å². The molecule has 1 N–H and O–H groups in total. The molecule has 0 amide bonds. The van der Waals surface area contributed by atoms with Crippen LogP contribution in [0.1, 0.15) is 11.3 Å². The second kappa shape index (κ2) is 5.99. The maximum atomic E-state index is 8.85. The normalized spacial score (nSPS) is 9.78. The lowest BCUT2D eigenvalue weighted by Gasteiger charge is -2.07. The van der Waals surface area contributed by atoms with Crippen LogP contribution in [0.3, 0.4) is 0 Å². The van der Waals surface area contributed by atoms with Gasteiger partial charge in [0, 0.05) is 31.1 Å². The first-order valence-electron chi connectivity index (χ1n) is 5.49. The first-order chi connectivity index (χ1) is 8.81. The summed E-state index contributed by atoms with van der Waals surface area (Å²) < 4.78 is 0. The van der Waals surface area contributed by atoms with Crippen LogP contribution in [-0.4, -0.2) is 16.5 Å². The predicted octanol–water partition coefficient (Wildman–Crippen LogP) is 2.66. The lowest BCUT2D eigenvalue weighted by atomic mass is 10.2. The van der Waals surface area contributed by atoms with Gasteiger partial charge in [-0.25, -0.2) is 4.98 Å². The molecular weight excluding hydrogens is 248 g/mol. The van der Waals surface area contributed by atoms with Crippen molar-refractivity contribution in [3.05, 3.63) is 52.9 Å². The van der Waals surface area contributed by atoms with Gasteiger partial charge in [0.15, 0.2) is 0 Å². The molecule has 0 aliphatic heterocycles. The van der Waals surface area contributed by atoms with Gasteiger partial charge in [-0.15, -0.1) is 0 Å². The Balaban J connectivity index is 1.97.